The smallest absolute Gasteiger partial charge is 0.342 e. The summed E-state index contributed by atoms with van der Waals surface area (Å²) in [6.07, 6.45) is 0. The Morgan fingerprint density at radius 2 is 1.86 bits per heavy atom. The van der Waals surface area contributed by atoms with Gasteiger partial charge in [0.25, 0.3) is 0 Å². The topological polar surface area (TPSA) is 57.5 Å². The fourth-order valence-corrected chi connectivity index (χ4v) is 1.48. The maximum absolute atomic E-state index is 13.0. The predicted octanol–water partition coefficient (Wildman–Crippen LogP) is 2.63. The highest BCUT2D eigenvalue weighted by molar-refractivity contribution is 14.1. The van der Waals surface area contributed by atoms with Crippen LogP contribution in [0.1, 0.15) is 10.4 Å². The number of hydrogen-bond acceptors (Lipinski definition) is 2. The monoisotopic (exact) mass is 334 g/mol. The van der Waals surface area contributed by atoms with Crippen LogP contribution in [0.4, 0.5) is 8.78 Å². The van der Waals surface area contributed by atoms with Crippen LogP contribution in [0, 0.1) is 15.2 Å². The normalized spacial score (nSPS) is 10.3. The third-order valence-electron chi connectivity index (χ3n) is 1.46. The Balaban J connectivity index is 3.68. The molecule has 0 aromatic heterocycles. The summed E-state index contributed by atoms with van der Waals surface area (Å²) < 4.78 is 25.6. The lowest BCUT2D eigenvalue weighted by molar-refractivity contribution is 0.0687. The van der Waals surface area contributed by atoms with E-state index in [-0.39, 0.29) is 3.57 Å². The van der Waals surface area contributed by atoms with Crippen molar-refractivity contribution in [1.82, 2.24) is 0 Å². The van der Waals surface area contributed by atoms with Crippen LogP contribution in [0.25, 0.3) is 0 Å². The fraction of sp³-hybridized carbons (Fsp3) is 0. The third-order valence-corrected chi connectivity index (χ3v) is 3.16. The minimum absolute atomic E-state index is 0.357. The second kappa shape index (κ2) is 3.85. The Labute approximate surface area is 95.4 Å². The second-order valence-electron chi connectivity index (χ2n) is 2.28. The lowest BCUT2D eigenvalue weighted by Gasteiger charge is -2.06. The summed E-state index contributed by atoms with van der Waals surface area (Å²) >= 11 is 6.74. The van der Waals surface area contributed by atoms with Crippen molar-refractivity contribution in [3.63, 3.8) is 0 Å². The standard InChI is InChI=1S/C7H2ClF2IO3/c8-2-5(11)4(10)3(9)1(6(2)12)7(13)14/h12H,(H,13,14). The van der Waals surface area contributed by atoms with Gasteiger partial charge in [-0.25, -0.2) is 13.6 Å². The molecule has 0 heterocycles. The van der Waals surface area contributed by atoms with Gasteiger partial charge in [0.05, 0.1) is 8.59 Å². The van der Waals surface area contributed by atoms with Crippen molar-refractivity contribution >= 4 is 40.2 Å². The van der Waals surface area contributed by atoms with E-state index in [0.717, 1.165) is 0 Å². The molecular weight excluding hydrogens is 332 g/mol. The molecule has 0 aliphatic rings. The van der Waals surface area contributed by atoms with Gasteiger partial charge in [0.15, 0.2) is 17.4 Å². The molecule has 0 bridgehead atoms. The number of rotatable bonds is 1. The summed E-state index contributed by atoms with van der Waals surface area (Å²) in [7, 11) is 0. The van der Waals surface area contributed by atoms with Crippen molar-refractivity contribution in [3.8, 4) is 5.75 Å². The van der Waals surface area contributed by atoms with Gasteiger partial charge in [-0.05, 0) is 22.6 Å². The quantitative estimate of drug-likeness (QED) is 0.471. The molecule has 1 aromatic rings. The fourth-order valence-electron chi connectivity index (χ4n) is 0.815. The average Bonchev–Trinajstić information content (AvgIpc) is 2.11. The minimum Gasteiger partial charge on any atom is -0.505 e. The second-order valence-corrected chi connectivity index (χ2v) is 3.74. The van der Waals surface area contributed by atoms with Crippen molar-refractivity contribution in [2.45, 2.75) is 0 Å². The van der Waals surface area contributed by atoms with Gasteiger partial charge in [-0.1, -0.05) is 11.6 Å². The van der Waals surface area contributed by atoms with E-state index in [0.29, 0.717) is 0 Å². The third kappa shape index (κ3) is 1.63. The highest BCUT2D eigenvalue weighted by atomic mass is 127. The number of benzene rings is 1. The van der Waals surface area contributed by atoms with Crippen molar-refractivity contribution in [2.24, 2.45) is 0 Å². The average molecular weight is 334 g/mol. The van der Waals surface area contributed by atoms with Crippen LogP contribution in [0.15, 0.2) is 0 Å². The molecule has 0 amide bonds. The van der Waals surface area contributed by atoms with Crippen molar-refractivity contribution in [1.29, 1.82) is 0 Å². The molecule has 0 atom stereocenters. The van der Waals surface area contributed by atoms with Crippen molar-refractivity contribution in [2.75, 3.05) is 0 Å². The Kier molecular flexibility index (Phi) is 3.15. The van der Waals surface area contributed by atoms with Gasteiger partial charge in [0.2, 0.25) is 0 Å². The zero-order valence-corrected chi connectivity index (χ0v) is 9.23. The van der Waals surface area contributed by atoms with Gasteiger partial charge in [-0.3, -0.25) is 0 Å². The molecule has 1 rings (SSSR count). The van der Waals surface area contributed by atoms with Gasteiger partial charge in [0, 0.05) is 0 Å². The van der Waals surface area contributed by atoms with Gasteiger partial charge in [-0.2, -0.15) is 0 Å². The van der Waals surface area contributed by atoms with E-state index in [1.54, 1.807) is 0 Å². The lowest BCUT2D eigenvalue weighted by Crippen LogP contribution is -2.05. The van der Waals surface area contributed by atoms with Crippen molar-refractivity contribution in [3.05, 3.63) is 25.8 Å². The molecule has 76 valence electrons. The van der Waals surface area contributed by atoms with Gasteiger partial charge in [0.1, 0.15) is 5.56 Å². The van der Waals surface area contributed by atoms with Crippen LogP contribution in [0.3, 0.4) is 0 Å². The van der Waals surface area contributed by atoms with Crippen molar-refractivity contribution < 1.29 is 23.8 Å². The summed E-state index contributed by atoms with van der Waals surface area (Å²) in [6, 6.07) is 0. The molecular formula is C7H2ClF2IO3. The number of aromatic carboxylic acids is 1. The van der Waals surface area contributed by atoms with Gasteiger partial charge >= 0.3 is 5.97 Å². The van der Waals surface area contributed by atoms with Crippen LogP contribution in [-0.2, 0) is 0 Å². The molecule has 0 saturated carbocycles. The Morgan fingerprint density at radius 1 is 1.36 bits per heavy atom. The first-order valence-corrected chi connectivity index (χ1v) is 4.61. The van der Waals surface area contributed by atoms with Gasteiger partial charge < -0.3 is 10.2 Å². The number of carboxylic acid groups (broad SMARTS) is 1. The van der Waals surface area contributed by atoms with Crippen LogP contribution < -0.4 is 0 Å². The van der Waals surface area contributed by atoms with Crippen LogP contribution >= 0.6 is 34.2 Å². The molecule has 3 nitrogen and oxygen atoms in total. The van der Waals surface area contributed by atoms with Crippen LogP contribution in [0.5, 0.6) is 5.75 Å². The molecule has 0 unspecified atom stereocenters. The van der Waals surface area contributed by atoms with E-state index in [9.17, 15) is 13.6 Å². The molecule has 0 aliphatic heterocycles. The summed E-state index contributed by atoms with van der Waals surface area (Å²) in [4.78, 5) is 10.4. The number of carbonyl (C=O) groups is 1. The minimum atomic E-state index is -1.78. The van der Waals surface area contributed by atoms with Crippen LogP contribution in [-0.4, -0.2) is 16.2 Å². The summed E-state index contributed by atoms with van der Waals surface area (Å²) in [6.45, 7) is 0. The molecule has 0 saturated heterocycles. The summed E-state index contributed by atoms with van der Waals surface area (Å²) in [5, 5.41) is 17.1. The largest absolute Gasteiger partial charge is 0.505 e. The summed E-state index contributed by atoms with van der Waals surface area (Å²) in [5.74, 6) is -5.76. The van der Waals surface area contributed by atoms with E-state index in [2.05, 4.69) is 0 Å². The molecule has 0 spiro atoms. The molecule has 1 aromatic carbocycles. The Hall–Kier alpha value is -0.630. The first kappa shape index (κ1) is 11.4. The Morgan fingerprint density at radius 3 is 2.29 bits per heavy atom. The summed E-state index contributed by atoms with van der Waals surface area (Å²) in [5.41, 5.74) is -1.16. The van der Waals surface area contributed by atoms with E-state index < -0.39 is 33.9 Å². The van der Waals surface area contributed by atoms with Crippen LogP contribution in [0.2, 0.25) is 5.02 Å². The molecule has 14 heavy (non-hydrogen) atoms. The number of carboxylic acids is 1. The van der Waals surface area contributed by atoms with E-state index in [4.69, 9.17) is 21.8 Å². The maximum Gasteiger partial charge on any atom is 0.342 e. The van der Waals surface area contributed by atoms with Gasteiger partial charge in [-0.15, -0.1) is 0 Å². The Bertz CT molecular complexity index is 393. The number of phenols is 1. The molecule has 0 fully saturated rings. The first-order valence-electron chi connectivity index (χ1n) is 3.16. The first-order chi connectivity index (χ1) is 6.37. The number of halogens is 4. The maximum atomic E-state index is 13.0. The SMILES string of the molecule is O=C(O)c1c(O)c(Cl)c(I)c(F)c1F. The zero-order valence-electron chi connectivity index (χ0n) is 6.31. The lowest BCUT2D eigenvalue weighted by atomic mass is 10.2. The number of aromatic hydroxyl groups is 1. The van der Waals surface area contributed by atoms with E-state index >= 15 is 0 Å². The van der Waals surface area contributed by atoms with E-state index in [1.807, 2.05) is 0 Å². The molecule has 7 heteroatoms. The zero-order chi connectivity index (χ0) is 11.0. The highest BCUT2D eigenvalue weighted by Crippen LogP contribution is 2.36. The van der Waals surface area contributed by atoms with E-state index in [1.165, 1.54) is 22.6 Å². The number of hydrogen-bond donors (Lipinski definition) is 2. The molecule has 0 radical (unpaired) electrons. The highest BCUT2D eigenvalue weighted by Gasteiger charge is 2.26. The predicted molar refractivity (Wildman–Crippen MR) is 52.7 cm³/mol. The molecule has 2 N–H and O–H groups in total. The molecule has 0 aliphatic carbocycles.